The van der Waals surface area contributed by atoms with Crippen LogP contribution in [-0.2, 0) is 20.0 Å². The Morgan fingerprint density at radius 2 is 2.09 bits per heavy atom. The fourth-order valence-corrected chi connectivity index (χ4v) is 4.10. The van der Waals surface area contributed by atoms with E-state index < -0.39 is 23.0 Å². The van der Waals surface area contributed by atoms with Crippen molar-refractivity contribution in [3.05, 3.63) is 39.9 Å². The minimum atomic E-state index is -1.30. The van der Waals surface area contributed by atoms with E-state index >= 15 is 0 Å². The molecule has 0 spiro atoms. The number of nitro benzene ring substituents is 1. The number of rotatable bonds is 3. The van der Waals surface area contributed by atoms with Crippen molar-refractivity contribution in [3.63, 3.8) is 0 Å². The summed E-state index contributed by atoms with van der Waals surface area (Å²) >= 11 is 0. The van der Waals surface area contributed by atoms with Crippen molar-refractivity contribution in [2.75, 3.05) is 6.61 Å². The SMILES string of the molecule is O=C(O)OC1C[C@@H]2CO[C@@]3(c4ccc([N+](=O)[O-])cc4)OC1C[C@H]23. The molecule has 8 heteroatoms. The maximum Gasteiger partial charge on any atom is 0.506 e. The fraction of sp³-hybridized carbons (Fsp3) is 0.533. The number of hydrogen-bond acceptors (Lipinski definition) is 6. The molecule has 1 aromatic carbocycles. The number of carbonyl (C=O) groups is 1. The van der Waals surface area contributed by atoms with Gasteiger partial charge in [0.1, 0.15) is 6.10 Å². The molecular weight excluding hydrogens is 306 g/mol. The third kappa shape index (κ3) is 2.09. The van der Waals surface area contributed by atoms with Crippen molar-refractivity contribution in [2.24, 2.45) is 11.8 Å². The molecule has 2 aliphatic heterocycles. The first kappa shape index (κ1) is 14.4. The Morgan fingerprint density at radius 3 is 2.74 bits per heavy atom. The predicted molar refractivity (Wildman–Crippen MR) is 74.7 cm³/mol. The van der Waals surface area contributed by atoms with Crippen LogP contribution in [0.5, 0.6) is 0 Å². The zero-order chi connectivity index (χ0) is 16.2. The van der Waals surface area contributed by atoms with Gasteiger partial charge in [-0.05, 0) is 30.9 Å². The van der Waals surface area contributed by atoms with Crippen LogP contribution in [0.4, 0.5) is 10.5 Å². The van der Waals surface area contributed by atoms with Crippen molar-refractivity contribution in [2.45, 2.75) is 30.8 Å². The van der Waals surface area contributed by atoms with E-state index in [1.165, 1.54) is 12.1 Å². The van der Waals surface area contributed by atoms with Gasteiger partial charge in [0.25, 0.3) is 5.69 Å². The van der Waals surface area contributed by atoms with Crippen LogP contribution in [0.15, 0.2) is 24.3 Å². The first-order valence-corrected chi connectivity index (χ1v) is 7.46. The Kier molecular flexibility index (Phi) is 3.07. The van der Waals surface area contributed by atoms with Crippen molar-refractivity contribution in [1.82, 2.24) is 0 Å². The molecule has 4 rings (SSSR count). The van der Waals surface area contributed by atoms with Gasteiger partial charge in [-0.3, -0.25) is 10.1 Å². The standard InChI is InChI=1S/C15H15NO7/c17-14(18)22-12-5-8-7-21-15(11(8)6-13(12)23-15)9-1-3-10(4-2-9)16(19)20/h1-4,8,11-13H,5-7H2,(H,17,18)/t8-,11-,12?,13?,15+/m1/s1. The molecule has 2 heterocycles. The summed E-state index contributed by atoms with van der Waals surface area (Å²) < 4.78 is 17.0. The summed E-state index contributed by atoms with van der Waals surface area (Å²) in [7, 11) is 0. The van der Waals surface area contributed by atoms with E-state index in [2.05, 4.69) is 0 Å². The number of ether oxygens (including phenoxy) is 3. The maximum atomic E-state index is 10.8. The molecule has 8 nitrogen and oxygen atoms in total. The van der Waals surface area contributed by atoms with Crippen molar-refractivity contribution in [1.29, 1.82) is 0 Å². The second-order valence-corrected chi connectivity index (χ2v) is 6.20. The Morgan fingerprint density at radius 1 is 1.35 bits per heavy atom. The molecule has 0 radical (unpaired) electrons. The van der Waals surface area contributed by atoms with Gasteiger partial charge < -0.3 is 19.3 Å². The Bertz CT molecular complexity index is 660. The average molecular weight is 321 g/mol. The summed E-state index contributed by atoms with van der Waals surface area (Å²) in [6.45, 7) is 0.466. The lowest BCUT2D eigenvalue weighted by Gasteiger charge is -2.30. The number of hydrogen-bond donors (Lipinski definition) is 1. The normalized spacial score (nSPS) is 37.6. The molecule has 2 bridgehead atoms. The molecule has 23 heavy (non-hydrogen) atoms. The third-order valence-corrected chi connectivity index (χ3v) is 5.06. The van der Waals surface area contributed by atoms with Crippen LogP contribution < -0.4 is 0 Å². The van der Waals surface area contributed by atoms with E-state index in [-0.39, 0.29) is 23.6 Å². The van der Waals surface area contributed by atoms with Gasteiger partial charge in [-0.25, -0.2) is 4.79 Å². The highest BCUT2D eigenvalue weighted by Crippen LogP contribution is 2.58. The molecule has 1 aromatic rings. The van der Waals surface area contributed by atoms with Crippen LogP contribution in [0.1, 0.15) is 18.4 Å². The predicted octanol–water partition coefficient (Wildman–Crippen LogP) is 2.27. The lowest BCUT2D eigenvalue weighted by Crippen LogP contribution is -2.38. The minimum absolute atomic E-state index is 0.00718. The molecule has 0 amide bonds. The monoisotopic (exact) mass is 321 g/mol. The molecule has 5 atom stereocenters. The second-order valence-electron chi connectivity index (χ2n) is 6.20. The molecule has 122 valence electrons. The third-order valence-electron chi connectivity index (χ3n) is 5.06. The van der Waals surface area contributed by atoms with Crippen LogP contribution in [-0.4, -0.2) is 35.0 Å². The van der Waals surface area contributed by atoms with Crippen LogP contribution in [0, 0.1) is 22.0 Å². The molecule has 3 fully saturated rings. The fourth-order valence-electron chi connectivity index (χ4n) is 4.10. The van der Waals surface area contributed by atoms with E-state index in [0.717, 1.165) is 5.56 Å². The minimum Gasteiger partial charge on any atom is -0.450 e. The first-order chi connectivity index (χ1) is 11.0. The van der Waals surface area contributed by atoms with E-state index in [1.807, 2.05) is 0 Å². The second kappa shape index (κ2) is 4.90. The van der Waals surface area contributed by atoms with Gasteiger partial charge in [-0.2, -0.15) is 0 Å². The van der Waals surface area contributed by atoms with E-state index in [9.17, 15) is 14.9 Å². The van der Waals surface area contributed by atoms with Gasteiger partial charge in [-0.15, -0.1) is 0 Å². The zero-order valence-electron chi connectivity index (χ0n) is 12.1. The van der Waals surface area contributed by atoms with Gasteiger partial charge in [0.05, 0.1) is 17.6 Å². The Balaban J connectivity index is 1.64. The van der Waals surface area contributed by atoms with Crippen molar-refractivity contribution < 1.29 is 29.0 Å². The summed E-state index contributed by atoms with van der Waals surface area (Å²) in [4.78, 5) is 21.2. The topological polar surface area (TPSA) is 108 Å². The van der Waals surface area contributed by atoms with Crippen LogP contribution in [0.3, 0.4) is 0 Å². The maximum absolute atomic E-state index is 10.8. The smallest absolute Gasteiger partial charge is 0.450 e. The molecule has 2 saturated heterocycles. The van der Waals surface area contributed by atoms with Gasteiger partial charge in [0.15, 0.2) is 5.79 Å². The number of nitro groups is 1. The molecular formula is C15H15NO7. The lowest BCUT2D eigenvalue weighted by molar-refractivity contribution is -0.384. The Labute approximate surface area is 131 Å². The van der Waals surface area contributed by atoms with E-state index in [1.54, 1.807) is 12.1 Å². The lowest BCUT2D eigenvalue weighted by atomic mass is 9.76. The van der Waals surface area contributed by atoms with Crippen molar-refractivity contribution in [3.8, 4) is 0 Å². The molecule has 1 aliphatic carbocycles. The number of nitrogens with zero attached hydrogens (tertiary/aromatic N) is 1. The molecule has 1 N–H and O–H groups in total. The van der Waals surface area contributed by atoms with Crippen LogP contribution in [0.25, 0.3) is 0 Å². The number of fused-ring (bicyclic) bond motifs is 1. The van der Waals surface area contributed by atoms with E-state index in [0.29, 0.717) is 19.4 Å². The van der Waals surface area contributed by atoms with Crippen molar-refractivity contribution >= 4 is 11.8 Å². The van der Waals surface area contributed by atoms with E-state index in [4.69, 9.17) is 19.3 Å². The summed E-state index contributed by atoms with van der Waals surface area (Å²) in [5, 5.41) is 19.6. The highest BCUT2D eigenvalue weighted by molar-refractivity contribution is 5.57. The quantitative estimate of drug-likeness (QED) is 0.516. The first-order valence-electron chi connectivity index (χ1n) is 7.46. The van der Waals surface area contributed by atoms with Crippen LogP contribution >= 0.6 is 0 Å². The Hall–Kier alpha value is -2.19. The summed E-state index contributed by atoms with van der Waals surface area (Å²) in [5.41, 5.74) is 0.738. The number of non-ortho nitro benzene ring substituents is 1. The number of benzene rings is 1. The summed E-state index contributed by atoms with van der Waals surface area (Å²) in [6.07, 6.45) is -0.888. The summed E-state index contributed by atoms with van der Waals surface area (Å²) in [6, 6.07) is 6.15. The highest BCUT2D eigenvalue weighted by atomic mass is 16.7. The van der Waals surface area contributed by atoms with Gasteiger partial charge >= 0.3 is 6.16 Å². The summed E-state index contributed by atoms with van der Waals surface area (Å²) in [5.74, 6) is -0.669. The molecule has 2 unspecified atom stereocenters. The molecule has 0 aromatic heterocycles. The van der Waals surface area contributed by atoms with Gasteiger partial charge in [-0.1, -0.05) is 0 Å². The molecule has 3 aliphatic rings. The van der Waals surface area contributed by atoms with Gasteiger partial charge in [0, 0.05) is 23.6 Å². The zero-order valence-corrected chi connectivity index (χ0v) is 12.1. The number of carboxylic acid groups (broad SMARTS) is 1. The molecule has 1 saturated carbocycles. The van der Waals surface area contributed by atoms with Crippen LogP contribution in [0.2, 0.25) is 0 Å². The average Bonchev–Trinajstić information content (AvgIpc) is 3.01. The van der Waals surface area contributed by atoms with Gasteiger partial charge in [0.2, 0.25) is 0 Å². The highest BCUT2D eigenvalue weighted by Gasteiger charge is 2.63. The largest absolute Gasteiger partial charge is 0.506 e.